The van der Waals surface area contributed by atoms with Gasteiger partial charge in [-0.05, 0) is 0 Å². The van der Waals surface area contributed by atoms with E-state index in [1.54, 1.807) is 32.9 Å². The molecular weight excluding hydrogens is 872 g/mol. The Bertz CT molecular complexity index is 2060. The van der Waals surface area contributed by atoms with Crippen molar-refractivity contribution in [3.63, 3.8) is 0 Å². The molecule has 4 aromatic rings. The third-order valence-corrected chi connectivity index (χ3v) is 7.79. The van der Waals surface area contributed by atoms with Crippen LogP contribution >= 0.6 is 0 Å². The maximum atomic E-state index is 12.9. The molecule has 0 aliphatic heterocycles. The molecule has 3 unspecified atom stereocenters. The van der Waals surface area contributed by atoms with E-state index >= 15 is 0 Å². The fourth-order valence-electron chi connectivity index (χ4n) is 3.87. The molecule has 19 heteroatoms. The molecule has 0 spiro atoms. The fourth-order valence-corrected chi connectivity index (χ4v) is 4.67. The molecule has 0 aliphatic carbocycles. The summed E-state index contributed by atoms with van der Waals surface area (Å²) < 4.78 is 60.2. The van der Waals surface area contributed by atoms with Crippen LogP contribution in [0, 0.1) is 50.0 Å². The first-order chi connectivity index (χ1) is 23.7. The number of hydrogen-bond acceptors (Lipinski definition) is 13. The Labute approximate surface area is 355 Å². The number of halogens is 2. The number of alkyl halides is 2. The first-order valence-electron chi connectivity index (χ1n) is 14.2. The number of aryl methyl sites for hydroxylation is 2. The van der Waals surface area contributed by atoms with Crippen LogP contribution in [0.2, 0.25) is 0 Å². The zero-order valence-corrected chi connectivity index (χ0v) is 36.0. The van der Waals surface area contributed by atoms with Gasteiger partial charge in [0.05, 0.1) is 38.6 Å². The molecule has 270 valence electrons. The summed E-state index contributed by atoms with van der Waals surface area (Å²) in [5.74, 6) is 2.32. The number of anilines is 2. The minimum atomic E-state index is -4.14. The molecule has 13 nitrogen and oxygen atoms in total. The molecule has 2 heterocycles. The summed E-state index contributed by atoms with van der Waals surface area (Å²) in [6, 6.07) is 14.8. The van der Waals surface area contributed by atoms with Gasteiger partial charge in [0.25, 0.3) is 0 Å². The number of aliphatic hydroxyl groups excluding tert-OH is 2. The van der Waals surface area contributed by atoms with Crippen LogP contribution in [0.4, 0.5) is 20.2 Å². The van der Waals surface area contributed by atoms with Crippen molar-refractivity contribution in [1.29, 1.82) is 0 Å². The molecule has 2 radical (unpaired) electrons. The van der Waals surface area contributed by atoms with Gasteiger partial charge >= 0.3 is 5.76 Å². The van der Waals surface area contributed by atoms with E-state index in [0.717, 1.165) is 5.56 Å². The van der Waals surface area contributed by atoms with Crippen LogP contribution in [0.15, 0.2) is 36.4 Å². The van der Waals surface area contributed by atoms with E-state index in [1.807, 2.05) is 6.92 Å². The van der Waals surface area contributed by atoms with Crippen LogP contribution in [0.3, 0.4) is 0 Å². The van der Waals surface area contributed by atoms with Crippen LogP contribution in [0.1, 0.15) is 60.0 Å². The van der Waals surface area contributed by atoms with Gasteiger partial charge in [-0.1, -0.05) is 48.2 Å². The topological polar surface area (TPSA) is 184 Å². The predicted molar refractivity (Wildman–Crippen MR) is 183 cm³/mol. The van der Waals surface area contributed by atoms with Crippen LogP contribution < -0.4 is 29.4 Å². The number of nitrogens with zero attached hydrogens (tertiary/aromatic N) is 4. The average Bonchev–Trinajstić information content (AvgIpc) is 3.10. The quantitative estimate of drug-likeness (QED) is 0.0966. The van der Waals surface area contributed by atoms with E-state index < -0.39 is 26.6 Å². The van der Waals surface area contributed by atoms with Gasteiger partial charge in [0, 0.05) is 90.5 Å². The van der Waals surface area contributed by atoms with E-state index in [2.05, 4.69) is 72.0 Å². The van der Waals surface area contributed by atoms with Gasteiger partial charge in [-0.3, -0.25) is 0 Å². The largest absolute Gasteiger partial charge is 0.481 e. The molecule has 2 aromatic heterocycles. The van der Waals surface area contributed by atoms with Crippen molar-refractivity contribution in [2.24, 2.45) is 0 Å². The Kier molecular flexibility index (Phi) is 20.0. The third-order valence-electron chi connectivity index (χ3n) is 6.15. The Hall–Kier alpha value is -3.12. The number of nitrogens with two attached hydrogens (primary N) is 1. The third kappa shape index (κ3) is 13.4. The van der Waals surface area contributed by atoms with Crippen LogP contribution in [-0.4, -0.2) is 54.3 Å². The second-order valence-electron chi connectivity index (χ2n) is 9.89. The Morgan fingerprint density at radius 3 is 1.67 bits per heavy atom. The summed E-state index contributed by atoms with van der Waals surface area (Å²) in [7, 11) is -1.32. The normalized spacial score (nSPS) is 12.2. The van der Waals surface area contributed by atoms with E-state index in [4.69, 9.17) is 24.7 Å². The van der Waals surface area contributed by atoms with Crippen LogP contribution in [0.25, 0.3) is 0 Å². The van der Waals surface area contributed by atoms with Crippen molar-refractivity contribution in [3.8, 4) is 47.6 Å². The van der Waals surface area contributed by atoms with Crippen molar-refractivity contribution in [1.82, 2.24) is 19.9 Å². The molecule has 3 atom stereocenters. The molecule has 0 saturated carbocycles. The summed E-state index contributed by atoms with van der Waals surface area (Å²) >= 11 is 4.43. The maximum Gasteiger partial charge on any atom is 0.330 e. The van der Waals surface area contributed by atoms with E-state index in [9.17, 15) is 23.2 Å². The number of rotatable bonds is 11. The number of aliphatic hydroxyl groups is 2. The number of nitrogens with one attached hydrogen (secondary N) is 1. The molecule has 52 heavy (non-hydrogen) atoms. The average molecular weight is 905 g/mol. The van der Waals surface area contributed by atoms with Crippen molar-refractivity contribution in [2.75, 3.05) is 24.7 Å². The number of methoxy groups -OCH3 is 2. The Balaban J connectivity index is 0.000000513. The molecule has 0 amide bonds. The predicted octanol–water partition coefficient (Wildman–Crippen LogP) is 3.94. The Morgan fingerprint density at radius 1 is 0.808 bits per heavy atom. The molecule has 0 aliphatic rings. The molecule has 0 saturated heterocycles. The van der Waals surface area contributed by atoms with Crippen LogP contribution in [-0.2, 0) is 85.3 Å². The van der Waals surface area contributed by atoms with Crippen molar-refractivity contribution < 1.29 is 108 Å². The summed E-state index contributed by atoms with van der Waals surface area (Å²) in [5, 5.41) is 21.3. The van der Waals surface area contributed by atoms with Gasteiger partial charge in [-0.15, -0.1) is 0 Å². The van der Waals surface area contributed by atoms with Gasteiger partial charge in [0.15, 0.2) is 20.3 Å². The summed E-state index contributed by atoms with van der Waals surface area (Å²) in [5.41, 5.74) is 8.14. The van der Waals surface area contributed by atoms with Crippen LogP contribution in [0.5, 0.6) is 23.5 Å². The molecular formula is C33H32F2N6O7S2Y2-2. The van der Waals surface area contributed by atoms with Gasteiger partial charge < -0.3 is 39.6 Å². The molecule has 4 rings (SSSR count). The Morgan fingerprint density at radius 2 is 1.23 bits per heavy atom. The maximum absolute atomic E-state index is 12.9. The first-order valence-corrected chi connectivity index (χ1v) is 16.8. The van der Waals surface area contributed by atoms with Gasteiger partial charge in [0.2, 0.25) is 23.5 Å². The molecule has 5 N–H and O–H groups in total. The molecule has 0 fully saturated rings. The second kappa shape index (κ2) is 22.2. The molecule has 2 aromatic carbocycles. The number of hydrogen-bond donors (Lipinski definition) is 4. The van der Waals surface area contributed by atoms with E-state index in [0.29, 0.717) is 16.8 Å². The fraction of sp³-hybridized carbons (Fsp3) is 0.273. The van der Waals surface area contributed by atoms with Gasteiger partial charge in [-0.2, -0.15) is 76.2 Å². The monoisotopic (exact) mass is 904 g/mol. The van der Waals surface area contributed by atoms with Gasteiger partial charge in [0.1, 0.15) is 12.2 Å². The number of aromatic nitrogens is 4. The van der Waals surface area contributed by atoms with Gasteiger partial charge in [-0.25, -0.2) is 4.21 Å². The zero-order chi connectivity index (χ0) is 37.0. The number of nitrogen functional groups attached to an aromatic ring is 1. The summed E-state index contributed by atoms with van der Waals surface area (Å²) in [4.78, 5) is 16.3. The van der Waals surface area contributed by atoms with E-state index in [-0.39, 0.29) is 112 Å². The number of ether oxygens (including phenoxy) is 4. The molecule has 0 bridgehead atoms. The SMILES string of the molecule is CC#COc1cc(OC)nc(C(O)c2cc(C)c[c-]c2N)n1.CC#COc1cc(OC)nc(C(O)c2cc(C)c[c-]c2NS(=O)(=S)C(F)F)n1.[Y].[Y]. The smallest absolute Gasteiger partial charge is 0.330 e. The van der Waals surface area contributed by atoms with Crippen molar-refractivity contribution >= 4 is 31.2 Å². The van der Waals surface area contributed by atoms with E-state index in [1.165, 1.54) is 38.5 Å². The minimum absolute atomic E-state index is 0. The first kappa shape index (κ1) is 46.9. The van der Waals surface area contributed by atoms with Crippen molar-refractivity contribution in [2.45, 2.75) is 45.7 Å². The zero-order valence-electron chi connectivity index (χ0n) is 28.7. The number of benzene rings is 2. The minimum Gasteiger partial charge on any atom is -0.481 e. The second-order valence-corrected chi connectivity index (χ2v) is 13.0. The summed E-state index contributed by atoms with van der Waals surface area (Å²) in [6.45, 7) is 6.78. The summed E-state index contributed by atoms with van der Waals surface area (Å²) in [6.07, 6.45) is 2.16. The van der Waals surface area contributed by atoms with Crippen molar-refractivity contribution in [3.05, 3.63) is 82.4 Å². The standard InChI is InChI=1S/C17H16F2N3O4S2.C16H16N3O3.2Y/c1-4-7-26-14-9-13(25-3)20-16(21-14)15(23)11-8-10(2)5-6-12(11)22-28(24,27)17(18)19;1-4-7-22-14-9-13(21-3)18-16(19-14)15(20)11-8-10(2)5-6-12(11)17;;/h5,8-9,15,17,22-23H,1-3H3;5,8-9,15,20H,17H2,1-3H3;;/q2*-1;;.